The Morgan fingerprint density at radius 1 is 1.43 bits per heavy atom. The first kappa shape index (κ1) is 15.1. The lowest BCUT2D eigenvalue weighted by Crippen LogP contribution is -2.54. The molecule has 1 aromatic heterocycles. The van der Waals surface area contributed by atoms with Gasteiger partial charge in [-0.2, -0.15) is 0 Å². The highest BCUT2D eigenvalue weighted by molar-refractivity contribution is 5.06. The standard InChI is InChI=1S/C17H27NO3/c1-3-19-12-15-5-4-8-17(15)13-18(9-10-20-17)11-16-7-6-14(2)21-16/h6-7,15H,3-5,8-13H2,1-2H3/t15-,17+/m1/s1. The zero-order chi connectivity index (χ0) is 14.7. The maximum Gasteiger partial charge on any atom is 0.118 e. The van der Waals surface area contributed by atoms with Gasteiger partial charge in [0, 0.05) is 25.6 Å². The van der Waals surface area contributed by atoms with Crippen LogP contribution < -0.4 is 0 Å². The summed E-state index contributed by atoms with van der Waals surface area (Å²) in [4.78, 5) is 2.48. The van der Waals surface area contributed by atoms with Crippen molar-refractivity contribution in [2.75, 3.05) is 32.9 Å². The van der Waals surface area contributed by atoms with Crippen molar-refractivity contribution in [1.29, 1.82) is 0 Å². The van der Waals surface area contributed by atoms with Crippen molar-refractivity contribution in [1.82, 2.24) is 4.90 Å². The number of furan rings is 1. The summed E-state index contributed by atoms with van der Waals surface area (Å²) in [5.41, 5.74) is 0.00899. The fourth-order valence-electron chi connectivity index (χ4n) is 3.82. The Morgan fingerprint density at radius 2 is 2.33 bits per heavy atom. The molecule has 0 bridgehead atoms. The minimum atomic E-state index is 0.00899. The number of nitrogens with zero attached hydrogens (tertiary/aromatic N) is 1. The van der Waals surface area contributed by atoms with Crippen LogP contribution in [-0.2, 0) is 16.0 Å². The molecule has 2 heterocycles. The zero-order valence-corrected chi connectivity index (χ0v) is 13.3. The molecule has 2 atom stereocenters. The topological polar surface area (TPSA) is 34.8 Å². The second-order valence-corrected chi connectivity index (χ2v) is 6.38. The maximum absolute atomic E-state index is 6.26. The van der Waals surface area contributed by atoms with Crippen LogP contribution >= 0.6 is 0 Å². The molecule has 1 saturated carbocycles. The monoisotopic (exact) mass is 293 g/mol. The van der Waals surface area contributed by atoms with Crippen LogP contribution in [0.1, 0.15) is 37.7 Å². The van der Waals surface area contributed by atoms with Gasteiger partial charge in [0.25, 0.3) is 0 Å². The number of aryl methyl sites for hydroxylation is 1. The number of rotatable bonds is 5. The molecular formula is C17H27NO3. The number of ether oxygens (including phenoxy) is 2. The smallest absolute Gasteiger partial charge is 0.118 e. The van der Waals surface area contributed by atoms with Gasteiger partial charge in [0.15, 0.2) is 0 Å². The summed E-state index contributed by atoms with van der Waals surface area (Å²) in [7, 11) is 0. The van der Waals surface area contributed by atoms with Crippen LogP contribution in [0, 0.1) is 12.8 Å². The van der Waals surface area contributed by atoms with Gasteiger partial charge in [-0.05, 0) is 38.8 Å². The molecule has 0 N–H and O–H groups in total. The van der Waals surface area contributed by atoms with Gasteiger partial charge >= 0.3 is 0 Å². The molecule has 1 aliphatic heterocycles. The summed E-state index contributed by atoms with van der Waals surface area (Å²) in [5, 5.41) is 0. The Bertz CT molecular complexity index is 459. The Hall–Kier alpha value is -0.840. The third-order valence-electron chi connectivity index (χ3n) is 4.88. The lowest BCUT2D eigenvalue weighted by atomic mass is 9.89. The van der Waals surface area contributed by atoms with E-state index in [4.69, 9.17) is 13.9 Å². The molecule has 0 unspecified atom stereocenters. The fourth-order valence-corrected chi connectivity index (χ4v) is 3.82. The normalized spacial score (nSPS) is 30.3. The van der Waals surface area contributed by atoms with Crippen molar-refractivity contribution in [2.24, 2.45) is 5.92 Å². The van der Waals surface area contributed by atoms with E-state index >= 15 is 0 Å². The van der Waals surface area contributed by atoms with Crippen LogP contribution in [0.3, 0.4) is 0 Å². The van der Waals surface area contributed by atoms with E-state index in [1.54, 1.807) is 0 Å². The van der Waals surface area contributed by atoms with Crippen molar-refractivity contribution < 1.29 is 13.9 Å². The molecule has 1 spiro atoms. The summed E-state index contributed by atoms with van der Waals surface area (Å²) in [6.45, 7) is 9.40. The molecule has 0 amide bonds. The molecule has 2 fully saturated rings. The van der Waals surface area contributed by atoms with Gasteiger partial charge in [-0.3, -0.25) is 4.90 Å². The van der Waals surface area contributed by atoms with Crippen molar-refractivity contribution in [2.45, 2.75) is 45.3 Å². The largest absolute Gasteiger partial charge is 0.465 e. The number of hydrogen-bond donors (Lipinski definition) is 0. The molecule has 3 rings (SSSR count). The molecule has 118 valence electrons. The zero-order valence-electron chi connectivity index (χ0n) is 13.3. The molecule has 2 aliphatic rings. The Balaban J connectivity index is 1.64. The van der Waals surface area contributed by atoms with Crippen molar-refractivity contribution >= 4 is 0 Å². The Kier molecular flexibility index (Phi) is 4.67. The van der Waals surface area contributed by atoms with E-state index in [-0.39, 0.29) is 5.60 Å². The van der Waals surface area contributed by atoms with Crippen LogP contribution in [0.5, 0.6) is 0 Å². The third kappa shape index (κ3) is 3.33. The molecule has 0 aromatic carbocycles. The van der Waals surface area contributed by atoms with Crippen LogP contribution in [0.25, 0.3) is 0 Å². The molecule has 1 aliphatic carbocycles. The van der Waals surface area contributed by atoms with Gasteiger partial charge in [-0.25, -0.2) is 0 Å². The van der Waals surface area contributed by atoms with Crippen LogP contribution in [0.15, 0.2) is 16.5 Å². The van der Waals surface area contributed by atoms with Gasteiger partial charge < -0.3 is 13.9 Å². The lowest BCUT2D eigenvalue weighted by molar-refractivity contribution is -0.143. The van der Waals surface area contributed by atoms with E-state index in [2.05, 4.69) is 17.9 Å². The highest BCUT2D eigenvalue weighted by atomic mass is 16.5. The average Bonchev–Trinajstić information content (AvgIpc) is 3.04. The molecule has 21 heavy (non-hydrogen) atoms. The van der Waals surface area contributed by atoms with E-state index in [1.165, 1.54) is 19.3 Å². The van der Waals surface area contributed by atoms with E-state index in [0.29, 0.717) is 5.92 Å². The second-order valence-electron chi connectivity index (χ2n) is 6.38. The molecule has 0 radical (unpaired) electrons. The van der Waals surface area contributed by atoms with Crippen molar-refractivity contribution in [3.63, 3.8) is 0 Å². The van der Waals surface area contributed by atoms with Crippen molar-refractivity contribution in [3.05, 3.63) is 23.7 Å². The number of hydrogen-bond acceptors (Lipinski definition) is 4. The molecule has 1 saturated heterocycles. The van der Waals surface area contributed by atoms with Gasteiger partial charge in [-0.15, -0.1) is 0 Å². The first-order valence-electron chi connectivity index (χ1n) is 8.21. The van der Waals surface area contributed by atoms with Gasteiger partial charge in [0.1, 0.15) is 11.5 Å². The van der Waals surface area contributed by atoms with Crippen LogP contribution in [0.4, 0.5) is 0 Å². The summed E-state index contributed by atoms with van der Waals surface area (Å²) in [6, 6.07) is 4.13. The molecular weight excluding hydrogens is 266 g/mol. The predicted molar refractivity (Wildman–Crippen MR) is 81.2 cm³/mol. The average molecular weight is 293 g/mol. The summed E-state index contributed by atoms with van der Waals surface area (Å²) in [5.74, 6) is 2.59. The van der Waals surface area contributed by atoms with Gasteiger partial charge in [0.2, 0.25) is 0 Å². The highest BCUT2D eigenvalue weighted by Crippen LogP contribution is 2.41. The predicted octanol–water partition coefficient (Wildman–Crippen LogP) is 3.00. The first-order chi connectivity index (χ1) is 10.2. The van der Waals surface area contributed by atoms with E-state index in [9.17, 15) is 0 Å². The second kappa shape index (κ2) is 6.51. The quantitative estimate of drug-likeness (QED) is 0.836. The summed E-state index contributed by atoms with van der Waals surface area (Å²) in [6.07, 6.45) is 3.65. The van der Waals surface area contributed by atoms with Gasteiger partial charge in [-0.1, -0.05) is 6.42 Å². The third-order valence-corrected chi connectivity index (χ3v) is 4.88. The Morgan fingerprint density at radius 3 is 3.10 bits per heavy atom. The Labute approximate surface area is 127 Å². The SMILES string of the molecule is CCOC[C@H]1CCC[C@]12CN(Cc1ccc(C)o1)CCO2. The molecule has 4 nitrogen and oxygen atoms in total. The highest BCUT2D eigenvalue weighted by Gasteiger charge is 2.46. The minimum absolute atomic E-state index is 0.00899. The lowest BCUT2D eigenvalue weighted by Gasteiger charge is -2.43. The number of morpholine rings is 1. The van der Waals surface area contributed by atoms with Crippen molar-refractivity contribution in [3.8, 4) is 0 Å². The summed E-state index contributed by atoms with van der Waals surface area (Å²) >= 11 is 0. The van der Waals surface area contributed by atoms with Crippen LogP contribution in [-0.4, -0.2) is 43.4 Å². The molecule has 1 aromatic rings. The summed E-state index contributed by atoms with van der Waals surface area (Å²) < 4.78 is 17.7. The van der Waals surface area contributed by atoms with E-state index in [0.717, 1.165) is 51.0 Å². The maximum atomic E-state index is 6.26. The first-order valence-corrected chi connectivity index (χ1v) is 8.21. The minimum Gasteiger partial charge on any atom is -0.465 e. The van der Waals surface area contributed by atoms with E-state index < -0.39 is 0 Å². The van der Waals surface area contributed by atoms with Gasteiger partial charge in [0.05, 0.1) is 25.4 Å². The fraction of sp³-hybridized carbons (Fsp3) is 0.765. The molecule has 4 heteroatoms. The van der Waals surface area contributed by atoms with Crippen LogP contribution in [0.2, 0.25) is 0 Å². The van der Waals surface area contributed by atoms with E-state index in [1.807, 2.05) is 13.0 Å².